The molecule has 1 aromatic carbocycles. The zero-order valence-corrected chi connectivity index (χ0v) is 13.4. The van der Waals surface area contributed by atoms with E-state index in [0.29, 0.717) is 12.6 Å². The molecule has 20 heavy (non-hydrogen) atoms. The van der Waals surface area contributed by atoms with Gasteiger partial charge in [-0.25, -0.2) is 0 Å². The molecule has 2 rings (SSSR count). The number of benzene rings is 1. The van der Waals surface area contributed by atoms with Gasteiger partial charge in [0.05, 0.1) is 6.54 Å². The lowest BCUT2D eigenvalue weighted by Gasteiger charge is -2.17. The first-order chi connectivity index (χ1) is 9.78. The van der Waals surface area contributed by atoms with Crippen molar-refractivity contribution in [2.75, 3.05) is 20.2 Å². The zero-order valence-electron chi connectivity index (χ0n) is 11.9. The fraction of sp³-hybridized carbons (Fsp3) is 0.533. The molecule has 1 saturated carbocycles. The van der Waals surface area contributed by atoms with Gasteiger partial charge in [-0.05, 0) is 31.0 Å². The molecule has 5 heteroatoms. The van der Waals surface area contributed by atoms with Crippen molar-refractivity contribution >= 4 is 21.9 Å². The Balaban J connectivity index is 1.66. The summed E-state index contributed by atoms with van der Waals surface area (Å²) in [4.78, 5) is 4.24. The van der Waals surface area contributed by atoms with Crippen LogP contribution in [0.25, 0.3) is 0 Å². The summed E-state index contributed by atoms with van der Waals surface area (Å²) >= 11 is 3.43. The number of guanidine groups is 1. The molecule has 1 aromatic rings. The smallest absolute Gasteiger partial charge is 0.191 e. The first kappa shape index (κ1) is 15.2. The number of hydrogen-bond acceptors (Lipinski definition) is 2. The lowest BCUT2D eigenvalue weighted by molar-refractivity contribution is 0.321. The molecular formula is C15H22BrN3O. The molecule has 0 aromatic heterocycles. The first-order valence-corrected chi connectivity index (χ1v) is 7.93. The minimum Gasteiger partial charge on any atom is -0.492 e. The molecule has 2 N–H and O–H groups in total. The van der Waals surface area contributed by atoms with Crippen LogP contribution in [-0.2, 0) is 0 Å². The summed E-state index contributed by atoms with van der Waals surface area (Å²) in [5, 5.41) is 6.73. The van der Waals surface area contributed by atoms with Gasteiger partial charge in [-0.2, -0.15) is 0 Å². The van der Waals surface area contributed by atoms with Crippen molar-refractivity contribution in [3.63, 3.8) is 0 Å². The third-order valence-electron chi connectivity index (χ3n) is 3.38. The highest BCUT2D eigenvalue weighted by atomic mass is 79.9. The number of aliphatic imine (C=N–C) groups is 1. The summed E-state index contributed by atoms with van der Waals surface area (Å²) < 4.78 is 6.71. The summed E-state index contributed by atoms with van der Waals surface area (Å²) in [5.74, 6) is 1.75. The Bertz CT molecular complexity index is 444. The van der Waals surface area contributed by atoms with Crippen LogP contribution in [0.1, 0.15) is 25.7 Å². The van der Waals surface area contributed by atoms with Crippen LogP contribution in [0.4, 0.5) is 0 Å². The highest BCUT2D eigenvalue weighted by molar-refractivity contribution is 9.10. The summed E-state index contributed by atoms with van der Waals surface area (Å²) in [5.41, 5.74) is 0. The Kier molecular flexibility index (Phi) is 6.18. The summed E-state index contributed by atoms with van der Waals surface area (Å²) in [7, 11) is 1.81. The fourth-order valence-electron chi connectivity index (χ4n) is 2.35. The van der Waals surface area contributed by atoms with Gasteiger partial charge < -0.3 is 15.4 Å². The van der Waals surface area contributed by atoms with Crippen LogP contribution < -0.4 is 15.4 Å². The van der Waals surface area contributed by atoms with Crippen molar-refractivity contribution in [2.45, 2.75) is 31.7 Å². The van der Waals surface area contributed by atoms with Gasteiger partial charge >= 0.3 is 0 Å². The van der Waals surface area contributed by atoms with Gasteiger partial charge in [-0.15, -0.1) is 0 Å². The molecule has 0 saturated heterocycles. The third-order valence-corrected chi connectivity index (χ3v) is 3.87. The third kappa shape index (κ3) is 5.04. The molecule has 4 nitrogen and oxygen atoms in total. The maximum atomic E-state index is 5.68. The minimum absolute atomic E-state index is 0.576. The van der Waals surface area contributed by atoms with Crippen LogP contribution in [0, 0.1) is 0 Å². The molecule has 0 radical (unpaired) electrons. The Labute approximate surface area is 129 Å². The molecule has 110 valence electrons. The van der Waals surface area contributed by atoms with Gasteiger partial charge in [-0.1, -0.05) is 34.8 Å². The van der Waals surface area contributed by atoms with Crippen LogP contribution in [0.2, 0.25) is 0 Å². The van der Waals surface area contributed by atoms with E-state index in [9.17, 15) is 0 Å². The van der Waals surface area contributed by atoms with Gasteiger partial charge in [0.1, 0.15) is 12.4 Å². The molecule has 1 aliphatic rings. The second-order valence-electron chi connectivity index (χ2n) is 4.93. The lowest BCUT2D eigenvalue weighted by Crippen LogP contribution is -2.43. The van der Waals surface area contributed by atoms with E-state index in [-0.39, 0.29) is 0 Å². The van der Waals surface area contributed by atoms with E-state index in [1.165, 1.54) is 25.7 Å². The maximum Gasteiger partial charge on any atom is 0.191 e. The Hall–Kier alpha value is -1.23. The van der Waals surface area contributed by atoms with Gasteiger partial charge in [0, 0.05) is 17.6 Å². The average molecular weight is 340 g/mol. The highest BCUT2D eigenvalue weighted by Gasteiger charge is 2.15. The summed E-state index contributed by atoms with van der Waals surface area (Å²) in [6.07, 6.45) is 5.13. The normalized spacial score (nSPS) is 16.2. The van der Waals surface area contributed by atoms with E-state index in [2.05, 4.69) is 31.6 Å². The highest BCUT2D eigenvalue weighted by Crippen LogP contribution is 2.18. The van der Waals surface area contributed by atoms with Crippen molar-refractivity contribution in [2.24, 2.45) is 4.99 Å². The average Bonchev–Trinajstić information content (AvgIpc) is 2.95. The van der Waals surface area contributed by atoms with Crippen molar-refractivity contribution in [1.82, 2.24) is 10.6 Å². The second kappa shape index (κ2) is 8.15. The Morgan fingerprint density at radius 1 is 1.40 bits per heavy atom. The van der Waals surface area contributed by atoms with Crippen LogP contribution in [0.15, 0.2) is 33.7 Å². The molecule has 1 aliphatic carbocycles. The predicted octanol–water partition coefficient (Wildman–Crippen LogP) is 2.94. The van der Waals surface area contributed by atoms with E-state index in [0.717, 1.165) is 22.7 Å². The molecule has 0 spiro atoms. The van der Waals surface area contributed by atoms with E-state index in [1.807, 2.05) is 24.3 Å². The van der Waals surface area contributed by atoms with Crippen molar-refractivity contribution in [1.29, 1.82) is 0 Å². The number of nitrogens with zero attached hydrogens (tertiary/aromatic N) is 1. The molecule has 0 amide bonds. The molecule has 0 unspecified atom stereocenters. The fourth-order valence-corrected chi connectivity index (χ4v) is 2.73. The number of nitrogens with one attached hydrogen (secondary N) is 2. The summed E-state index contributed by atoms with van der Waals surface area (Å²) in [6, 6.07) is 8.45. The van der Waals surface area contributed by atoms with E-state index in [4.69, 9.17) is 4.74 Å². The van der Waals surface area contributed by atoms with E-state index >= 15 is 0 Å². The van der Waals surface area contributed by atoms with E-state index in [1.54, 1.807) is 7.05 Å². The lowest BCUT2D eigenvalue weighted by atomic mass is 10.2. The maximum absolute atomic E-state index is 5.68. The number of rotatable bonds is 5. The zero-order chi connectivity index (χ0) is 14.2. The number of halogens is 1. The standard InChI is InChI=1S/C15H22BrN3O/c1-17-15(19-13-6-2-3-7-13)18-9-10-20-14-8-4-5-12(16)11-14/h4-5,8,11,13H,2-3,6-7,9-10H2,1H3,(H2,17,18,19). The Morgan fingerprint density at radius 2 is 2.20 bits per heavy atom. The predicted molar refractivity (Wildman–Crippen MR) is 86.4 cm³/mol. The quantitative estimate of drug-likeness (QED) is 0.492. The van der Waals surface area contributed by atoms with Gasteiger partial charge in [-0.3, -0.25) is 4.99 Å². The van der Waals surface area contributed by atoms with Crippen molar-refractivity contribution in [3.05, 3.63) is 28.7 Å². The SMILES string of the molecule is CN=C(NCCOc1cccc(Br)c1)NC1CCCC1. The molecule has 0 atom stereocenters. The van der Waals surface area contributed by atoms with Crippen LogP contribution in [0.3, 0.4) is 0 Å². The van der Waals surface area contributed by atoms with Crippen molar-refractivity contribution < 1.29 is 4.74 Å². The second-order valence-corrected chi connectivity index (χ2v) is 5.85. The molecule has 1 fully saturated rings. The topological polar surface area (TPSA) is 45.7 Å². The van der Waals surface area contributed by atoms with Crippen LogP contribution >= 0.6 is 15.9 Å². The van der Waals surface area contributed by atoms with Crippen LogP contribution in [0.5, 0.6) is 5.75 Å². The molecule has 0 heterocycles. The number of ether oxygens (including phenoxy) is 1. The van der Waals surface area contributed by atoms with Gasteiger partial charge in [0.25, 0.3) is 0 Å². The molecule has 0 bridgehead atoms. The largest absolute Gasteiger partial charge is 0.492 e. The summed E-state index contributed by atoms with van der Waals surface area (Å²) in [6.45, 7) is 1.35. The number of hydrogen-bond donors (Lipinski definition) is 2. The molecule has 0 aliphatic heterocycles. The monoisotopic (exact) mass is 339 g/mol. The minimum atomic E-state index is 0.576. The van der Waals surface area contributed by atoms with Crippen molar-refractivity contribution in [3.8, 4) is 5.75 Å². The van der Waals surface area contributed by atoms with Crippen LogP contribution in [-0.4, -0.2) is 32.2 Å². The Morgan fingerprint density at radius 3 is 2.90 bits per heavy atom. The first-order valence-electron chi connectivity index (χ1n) is 7.13. The van der Waals surface area contributed by atoms with Gasteiger partial charge in [0.2, 0.25) is 0 Å². The van der Waals surface area contributed by atoms with Gasteiger partial charge in [0.15, 0.2) is 5.96 Å². The van der Waals surface area contributed by atoms with E-state index < -0.39 is 0 Å². The molecular weight excluding hydrogens is 318 g/mol.